The number of benzene rings is 1. The van der Waals surface area contributed by atoms with Crippen LogP contribution >= 0.6 is 0 Å². The molecule has 0 unspecified atom stereocenters. The normalized spacial score (nSPS) is 31.1. The van der Waals surface area contributed by atoms with Crippen LogP contribution in [0.15, 0.2) is 24.3 Å². The maximum absolute atomic E-state index is 12.0. The Hall–Kier alpha value is -2.13. The molecule has 1 aromatic carbocycles. The topological polar surface area (TPSA) is 84.7 Å². The second kappa shape index (κ2) is 5.93. The van der Waals surface area contributed by atoms with Gasteiger partial charge in [0.2, 0.25) is 0 Å². The van der Waals surface area contributed by atoms with Gasteiger partial charge in [0.25, 0.3) is 0 Å². The van der Waals surface area contributed by atoms with E-state index in [1.807, 2.05) is 32.0 Å². The van der Waals surface area contributed by atoms with Crippen LogP contribution < -0.4 is 0 Å². The quantitative estimate of drug-likeness (QED) is 0.746. The molecular formula is C19H21N3O5. The van der Waals surface area contributed by atoms with E-state index in [4.69, 9.17) is 18.9 Å². The van der Waals surface area contributed by atoms with E-state index in [-0.39, 0.29) is 24.1 Å². The molecule has 0 amide bonds. The van der Waals surface area contributed by atoms with E-state index in [0.717, 1.165) is 11.3 Å². The van der Waals surface area contributed by atoms with Crippen LogP contribution in [-0.2, 0) is 32.1 Å². The lowest BCUT2D eigenvalue weighted by Gasteiger charge is -2.23. The van der Waals surface area contributed by atoms with Crippen LogP contribution in [0.1, 0.15) is 36.8 Å². The zero-order chi connectivity index (χ0) is 18.8. The number of Topliss-reactive ketones (excluding diaryl/α,β-unsaturated/α-hetero) is 1. The van der Waals surface area contributed by atoms with Crippen molar-refractivity contribution in [3.05, 3.63) is 35.5 Å². The number of hydrogen-bond donors (Lipinski definition) is 0. The van der Waals surface area contributed by atoms with Crippen LogP contribution in [-0.4, -0.2) is 51.2 Å². The van der Waals surface area contributed by atoms with Crippen molar-refractivity contribution in [1.29, 1.82) is 0 Å². The summed E-state index contributed by atoms with van der Waals surface area (Å²) in [5.41, 5.74) is 2.88. The summed E-state index contributed by atoms with van der Waals surface area (Å²) in [6, 6.07) is 7.42. The van der Waals surface area contributed by atoms with Gasteiger partial charge in [-0.3, -0.25) is 4.79 Å². The van der Waals surface area contributed by atoms with Gasteiger partial charge in [-0.1, -0.05) is 29.5 Å². The Balaban J connectivity index is 1.47. The number of rotatable bonds is 2. The zero-order valence-corrected chi connectivity index (χ0v) is 15.4. The molecule has 3 aliphatic rings. The molecule has 0 spiro atoms. The highest BCUT2D eigenvalue weighted by Crippen LogP contribution is 2.41. The van der Waals surface area contributed by atoms with Crippen LogP contribution in [0.25, 0.3) is 11.3 Å². The van der Waals surface area contributed by atoms with E-state index in [2.05, 4.69) is 10.3 Å². The SMILES string of the molecule is CC(=O)c1ccccc1-c1nnn2c1CO[C@@H]1[C@H]3OC(C)(C)O[C@H]3O[C@@H]1C2. The Morgan fingerprint density at radius 1 is 1.22 bits per heavy atom. The van der Waals surface area contributed by atoms with E-state index >= 15 is 0 Å². The summed E-state index contributed by atoms with van der Waals surface area (Å²) in [6.07, 6.45) is -1.17. The van der Waals surface area contributed by atoms with Crippen molar-refractivity contribution in [3.8, 4) is 11.3 Å². The second-order valence-electron chi connectivity index (χ2n) is 7.59. The molecule has 2 fully saturated rings. The number of ether oxygens (including phenoxy) is 4. The van der Waals surface area contributed by atoms with Crippen LogP contribution in [0, 0.1) is 0 Å². The molecule has 1 aromatic heterocycles. The number of hydrogen-bond acceptors (Lipinski definition) is 7. The molecule has 0 bridgehead atoms. The van der Waals surface area contributed by atoms with Crippen LogP contribution in [0.4, 0.5) is 0 Å². The van der Waals surface area contributed by atoms with Gasteiger partial charge in [-0.2, -0.15) is 0 Å². The summed E-state index contributed by atoms with van der Waals surface area (Å²) in [5.74, 6) is -0.694. The lowest BCUT2D eigenvalue weighted by molar-refractivity contribution is -0.219. The predicted molar refractivity (Wildman–Crippen MR) is 92.7 cm³/mol. The molecule has 0 radical (unpaired) electrons. The molecule has 0 N–H and O–H groups in total. The van der Waals surface area contributed by atoms with Crippen molar-refractivity contribution in [1.82, 2.24) is 15.0 Å². The molecule has 8 heteroatoms. The fourth-order valence-electron chi connectivity index (χ4n) is 4.07. The lowest BCUT2D eigenvalue weighted by Crippen LogP contribution is -2.37. The highest BCUT2D eigenvalue weighted by Gasteiger charge is 2.56. The van der Waals surface area contributed by atoms with E-state index in [9.17, 15) is 4.79 Å². The summed E-state index contributed by atoms with van der Waals surface area (Å²) in [4.78, 5) is 12.0. The standard InChI is InChI=1S/C19H21N3O5/c1-10(23)11-6-4-5-7-12(11)15-13-9-24-16-14(8-22(13)21-20-15)25-18-17(16)26-19(2,3)27-18/h4-7,14,16-18H,8-9H2,1-3H3/t14-,16+,17-,18-/m1/s1. The highest BCUT2D eigenvalue weighted by molar-refractivity contribution is 6.00. The van der Waals surface area contributed by atoms with Crippen molar-refractivity contribution < 1.29 is 23.7 Å². The number of carbonyl (C=O) groups is 1. The summed E-state index contributed by atoms with van der Waals surface area (Å²) >= 11 is 0. The number of nitrogens with zero attached hydrogens (tertiary/aromatic N) is 3. The van der Waals surface area contributed by atoms with Crippen LogP contribution in [0.5, 0.6) is 0 Å². The van der Waals surface area contributed by atoms with E-state index in [0.29, 0.717) is 24.4 Å². The minimum absolute atomic E-state index is 0.0105. The van der Waals surface area contributed by atoms with Crippen molar-refractivity contribution in [2.24, 2.45) is 0 Å². The van der Waals surface area contributed by atoms with Gasteiger partial charge in [0, 0.05) is 11.1 Å². The van der Waals surface area contributed by atoms with Crippen molar-refractivity contribution in [2.75, 3.05) is 0 Å². The minimum Gasteiger partial charge on any atom is -0.366 e. The molecular weight excluding hydrogens is 350 g/mol. The van der Waals surface area contributed by atoms with E-state index in [1.165, 1.54) is 0 Å². The number of fused-ring (bicyclic) bond motifs is 4. The first-order chi connectivity index (χ1) is 12.9. The molecule has 2 saturated heterocycles. The van der Waals surface area contributed by atoms with Gasteiger partial charge in [0.15, 0.2) is 17.9 Å². The molecule has 0 saturated carbocycles. The number of aromatic nitrogens is 3. The summed E-state index contributed by atoms with van der Waals surface area (Å²) < 4.78 is 25.8. The fourth-order valence-corrected chi connectivity index (χ4v) is 4.07. The molecule has 2 aromatic rings. The third-order valence-electron chi connectivity index (χ3n) is 5.25. The predicted octanol–water partition coefficient (Wildman–Crippen LogP) is 1.92. The first-order valence-electron chi connectivity index (χ1n) is 9.08. The monoisotopic (exact) mass is 371 g/mol. The third-order valence-corrected chi connectivity index (χ3v) is 5.25. The van der Waals surface area contributed by atoms with E-state index in [1.54, 1.807) is 17.7 Å². The molecule has 8 nitrogen and oxygen atoms in total. The summed E-state index contributed by atoms with van der Waals surface area (Å²) in [6.45, 7) is 6.09. The maximum atomic E-state index is 12.0. The Kier molecular flexibility index (Phi) is 3.74. The third kappa shape index (κ3) is 2.71. The van der Waals surface area contributed by atoms with E-state index < -0.39 is 12.1 Å². The van der Waals surface area contributed by atoms with Gasteiger partial charge >= 0.3 is 0 Å². The van der Waals surface area contributed by atoms with Gasteiger partial charge in [-0.25, -0.2) is 4.68 Å². The van der Waals surface area contributed by atoms with Crippen LogP contribution in [0.3, 0.4) is 0 Å². The molecule has 3 aliphatic heterocycles. The van der Waals surface area contributed by atoms with Gasteiger partial charge in [-0.15, -0.1) is 5.10 Å². The van der Waals surface area contributed by atoms with Gasteiger partial charge in [0.05, 0.1) is 18.8 Å². The fraction of sp³-hybridized carbons (Fsp3) is 0.526. The molecule has 27 heavy (non-hydrogen) atoms. The molecule has 4 atom stereocenters. The first kappa shape index (κ1) is 17.0. The first-order valence-corrected chi connectivity index (χ1v) is 9.08. The Morgan fingerprint density at radius 3 is 2.85 bits per heavy atom. The van der Waals surface area contributed by atoms with Gasteiger partial charge in [-0.05, 0) is 20.8 Å². The second-order valence-corrected chi connectivity index (χ2v) is 7.59. The Bertz CT molecular complexity index is 909. The largest absolute Gasteiger partial charge is 0.366 e. The average Bonchev–Trinajstić information content (AvgIpc) is 3.20. The Morgan fingerprint density at radius 2 is 2.04 bits per heavy atom. The lowest BCUT2D eigenvalue weighted by atomic mass is 10.0. The van der Waals surface area contributed by atoms with Crippen LogP contribution in [0.2, 0.25) is 0 Å². The zero-order valence-electron chi connectivity index (χ0n) is 15.4. The molecule has 5 rings (SSSR count). The van der Waals surface area contributed by atoms with Crippen molar-refractivity contribution in [2.45, 2.75) is 64.3 Å². The summed E-state index contributed by atoms with van der Waals surface area (Å²) in [5, 5.41) is 8.62. The average molecular weight is 371 g/mol. The molecule has 0 aliphatic carbocycles. The van der Waals surface area contributed by atoms with Gasteiger partial charge < -0.3 is 18.9 Å². The number of carbonyl (C=O) groups excluding carboxylic acids is 1. The smallest absolute Gasteiger partial charge is 0.190 e. The molecule has 142 valence electrons. The van der Waals surface area contributed by atoms with Crippen molar-refractivity contribution in [3.63, 3.8) is 0 Å². The number of ketones is 1. The minimum atomic E-state index is -0.684. The Labute approximate surface area is 156 Å². The highest BCUT2D eigenvalue weighted by atomic mass is 16.8. The maximum Gasteiger partial charge on any atom is 0.190 e. The van der Waals surface area contributed by atoms with Gasteiger partial charge in [0.1, 0.15) is 24.0 Å². The summed E-state index contributed by atoms with van der Waals surface area (Å²) in [7, 11) is 0. The van der Waals surface area contributed by atoms with Crippen molar-refractivity contribution >= 4 is 5.78 Å². The molecule has 4 heterocycles.